The normalized spacial score (nSPS) is 17.8. The number of rotatable bonds is 3. The fourth-order valence-corrected chi connectivity index (χ4v) is 1.95. The lowest BCUT2D eigenvalue weighted by molar-refractivity contribution is -0.139. The minimum Gasteiger partial charge on any atom is -0.493 e. The number of aryl methyl sites for hydroxylation is 1. The molecule has 0 saturated carbocycles. The Morgan fingerprint density at radius 3 is 2.88 bits per heavy atom. The number of hydrogen-bond donors (Lipinski definition) is 3. The Morgan fingerprint density at radius 2 is 2.18 bits per heavy atom. The molecule has 2 unspecified atom stereocenters. The molecule has 5 heteroatoms. The molecule has 1 aromatic carbocycles. The third-order valence-electron chi connectivity index (χ3n) is 2.99. The van der Waals surface area contributed by atoms with Gasteiger partial charge < -0.3 is 21.3 Å². The molecule has 5 N–H and O–H groups in total. The van der Waals surface area contributed by atoms with Gasteiger partial charge in [0, 0.05) is 0 Å². The van der Waals surface area contributed by atoms with Gasteiger partial charge in [0.25, 0.3) is 0 Å². The van der Waals surface area contributed by atoms with Crippen LogP contribution in [0.3, 0.4) is 0 Å². The quantitative estimate of drug-likeness (QED) is 0.706. The molecule has 0 amide bonds. The smallest absolute Gasteiger partial charge is 0.322 e. The van der Waals surface area contributed by atoms with Crippen molar-refractivity contribution in [3.8, 4) is 5.75 Å². The van der Waals surface area contributed by atoms with Crippen molar-refractivity contribution in [2.75, 3.05) is 6.61 Å². The average Bonchev–Trinajstić information content (AvgIpc) is 2.36. The van der Waals surface area contributed by atoms with E-state index in [1.165, 1.54) is 0 Å². The molecule has 5 nitrogen and oxygen atoms in total. The van der Waals surface area contributed by atoms with E-state index in [4.69, 9.17) is 21.3 Å². The minimum absolute atomic E-state index is 0.695. The summed E-state index contributed by atoms with van der Waals surface area (Å²) in [5, 5.41) is 8.82. The number of carbonyl (C=O) groups is 1. The molecule has 0 radical (unpaired) electrons. The molecule has 1 aliphatic heterocycles. The van der Waals surface area contributed by atoms with Crippen LogP contribution in [0.1, 0.15) is 23.6 Å². The van der Waals surface area contributed by atoms with E-state index in [0.29, 0.717) is 0 Å². The van der Waals surface area contributed by atoms with Crippen molar-refractivity contribution in [1.29, 1.82) is 0 Å². The number of fused-ring (bicyclic) bond motifs is 1. The van der Waals surface area contributed by atoms with Crippen molar-refractivity contribution in [2.24, 2.45) is 11.5 Å². The van der Waals surface area contributed by atoms with Gasteiger partial charge in [-0.3, -0.25) is 4.79 Å². The maximum atomic E-state index is 10.8. The van der Waals surface area contributed by atoms with Crippen LogP contribution in [-0.2, 0) is 11.2 Å². The first kappa shape index (κ1) is 11.9. The molecule has 0 bridgehead atoms. The van der Waals surface area contributed by atoms with Gasteiger partial charge in [0.1, 0.15) is 11.8 Å². The summed E-state index contributed by atoms with van der Waals surface area (Å²) < 4.78 is 5.48. The fraction of sp³-hybridized carbons (Fsp3) is 0.417. The highest BCUT2D eigenvalue weighted by Crippen LogP contribution is 2.27. The van der Waals surface area contributed by atoms with E-state index >= 15 is 0 Å². The van der Waals surface area contributed by atoms with E-state index in [9.17, 15) is 4.79 Å². The highest BCUT2D eigenvalue weighted by atomic mass is 16.5. The summed E-state index contributed by atoms with van der Waals surface area (Å²) in [5.41, 5.74) is 13.1. The zero-order valence-electron chi connectivity index (χ0n) is 9.43. The monoisotopic (exact) mass is 236 g/mol. The number of benzene rings is 1. The zero-order chi connectivity index (χ0) is 12.4. The van der Waals surface area contributed by atoms with Crippen molar-refractivity contribution < 1.29 is 14.6 Å². The lowest BCUT2D eigenvalue weighted by Crippen LogP contribution is -2.40. The Kier molecular flexibility index (Phi) is 3.31. The summed E-state index contributed by atoms with van der Waals surface area (Å²) in [6.07, 6.45) is 1.90. The topological polar surface area (TPSA) is 98.6 Å². The Hall–Kier alpha value is -1.59. The number of nitrogens with two attached hydrogens (primary N) is 2. The molecule has 92 valence electrons. The molecular weight excluding hydrogens is 220 g/mol. The van der Waals surface area contributed by atoms with Crippen molar-refractivity contribution in [1.82, 2.24) is 0 Å². The molecule has 0 aromatic heterocycles. The van der Waals surface area contributed by atoms with Gasteiger partial charge in [-0.2, -0.15) is 0 Å². The molecule has 17 heavy (non-hydrogen) atoms. The maximum Gasteiger partial charge on any atom is 0.322 e. The SMILES string of the molecule is NC(C(=O)O)C(N)c1ccc2c(c1)CCCO2. The third-order valence-corrected chi connectivity index (χ3v) is 2.99. The predicted molar refractivity (Wildman–Crippen MR) is 62.8 cm³/mol. The van der Waals surface area contributed by atoms with Gasteiger partial charge in [0.05, 0.1) is 12.6 Å². The zero-order valence-corrected chi connectivity index (χ0v) is 9.43. The molecule has 2 rings (SSSR count). The maximum absolute atomic E-state index is 10.8. The van der Waals surface area contributed by atoms with Crippen molar-refractivity contribution in [3.05, 3.63) is 29.3 Å². The van der Waals surface area contributed by atoms with Gasteiger partial charge in [0.2, 0.25) is 0 Å². The lowest BCUT2D eigenvalue weighted by atomic mass is 9.96. The van der Waals surface area contributed by atoms with E-state index < -0.39 is 18.1 Å². The van der Waals surface area contributed by atoms with Crippen LogP contribution in [0.4, 0.5) is 0 Å². The first-order valence-electron chi connectivity index (χ1n) is 5.59. The third kappa shape index (κ3) is 2.40. The molecule has 1 heterocycles. The molecular formula is C12H16N2O3. The van der Waals surface area contributed by atoms with Gasteiger partial charge in [-0.05, 0) is 30.0 Å². The van der Waals surface area contributed by atoms with Crippen molar-refractivity contribution in [3.63, 3.8) is 0 Å². The number of hydrogen-bond acceptors (Lipinski definition) is 4. The largest absolute Gasteiger partial charge is 0.493 e. The van der Waals surface area contributed by atoms with Gasteiger partial charge in [-0.1, -0.05) is 12.1 Å². The molecule has 0 aliphatic carbocycles. The van der Waals surface area contributed by atoms with Crippen LogP contribution in [0.25, 0.3) is 0 Å². The number of aliphatic carboxylic acids is 1. The molecule has 0 fully saturated rings. The van der Waals surface area contributed by atoms with Crippen LogP contribution in [0.2, 0.25) is 0 Å². The minimum atomic E-state index is -1.09. The van der Waals surface area contributed by atoms with Gasteiger partial charge in [-0.15, -0.1) is 0 Å². The summed E-state index contributed by atoms with van der Waals surface area (Å²) >= 11 is 0. The molecule has 1 aromatic rings. The second-order valence-corrected chi connectivity index (χ2v) is 4.21. The first-order valence-corrected chi connectivity index (χ1v) is 5.59. The van der Waals surface area contributed by atoms with Crippen LogP contribution in [0, 0.1) is 0 Å². The van der Waals surface area contributed by atoms with E-state index in [1.54, 1.807) is 6.07 Å². The second kappa shape index (κ2) is 4.73. The number of carboxylic acids is 1. The van der Waals surface area contributed by atoms with E-state index in [2.05, 4.69) is 0 Å². The molecule has 2 atom stereocenters. The Bertz CT molecular complexity index is 434. The van der Waals surface area contributed by atoms with Crippen molar-refractivity contribution >= 4 is 5.97 Å². The van der Waals surface area contributed by atoms with E-state index in [1.807, 2.05) is 12.1 Å². The summed E-state index contributed by atoms with van der Waals surface area (Å²) in [4.78, 5) is 10.8. The highest BCUT2D eigenvalue weighted by molar-refractivity contribution is 5.74. The van der Waals surface area contributed by atoms with Crippen LogP contribution in [-0.4, -0.2) is 23.7 Å². The average molecular weight is 236 g/mol. The molecule has 0 saturated heterocycles. The predicted octanol–water partition coefficient (Wildman–Crippen LogP) is 0.423. The van der Waals surface area contributed by atoms with Crippen LogP contribution in [0.5, 0.6) is 5.75 Å². The molecule has 1 aliphatic rings. The van der Waals surface area contributed by atoms with Gasteiger partial charge in [-0.25, -0.2) is 0 Å². The molecule has 0 spiro atoms. The van der Waals surface area contributed by atoms with E-state index in [-0.39, 0.29) is 0 Å². The van der Waals surface area contributed by atoms with Crippen molar-refractivity contribution in [2.45, 2.75) is 24.9 Å². The van der Waals surface area contributed by atoms with Gasteiger partial charge >= 0.3 is 5.97 Å². The second-order valence-electron chi connectivity index (χ2n) is 4.21. The Morgan fingerprint density at radius 1 is 1.41 bits per heavy atom. The standard InChI is InChI=1S/C12H16N2O3/c13-10(11(14)12(15)16)8-3-4-9-7(6-8)2-1-5-17-9/h3-4,6,10-11H,1-2,5,13-14H2,(H,15,16). The summed E-state index contributed by atoms with van der Waals surface area (Å²) in [5.74, 6) is -0.234. The van der Waals surface area contributed by atoms with E-state index in [0.717, 1.165) is 36.3 Å². The van der Waals surface area contributed by atoms with Gasteiger partial charge in [0.15, 0.2) is 0 Å². The fourth-order valence-electron chi connectivity index (χ4n) is 1.95. The number of carboxylic acid groups (broad SMARTS) is 1. The Balaban J connectivity index is 2.24. The summed E-state index contributed by atoms with van der Waals surface area (Å²) in [7, 11) is 0. The first-order chi connectivity index (χ1) is 8.09. The van der Waals surface area contributed by atoms with Crippen LogP contribution in [0.15, 0.2) is 18.2 Å². The summed E-state index contributed by atoms with van der Waals surface area (Å²) in [6, 6.07) is 3.72. The summed E-state index contributed by atoms with van der Waals surface area (Å²) in [6.45, 7) is 0.729. The lowest BCUT2D eigenvalue weighted by Gasteiger charge is -2.21. The highest BCUT2D eigenvalue weighted by Gasteiger charge is 2.23. The number of ether oxygens (including phenoxy) is 1. The Labute approximate surface area is 99.4 Å². The van der Waals surface area contributed by atoms with Crippen LogP contribution >= 0.6 is 0 Å². The van der Waals surface area contributed by atoms with Crippen LogP contribution < -0.4 is 16.2 Å².